The number of likely N-dealkylation sites (tertiary alicyclic amines) is 1. The minimum absolute atomic E-state index is 0.0980. The van der Waals surface area contributed by atoms with E-state index in [9.17, 15) is 5.11 Å². The standard InChI is InChI=1S/C17H27ClN2O3/c1-22-16-11-13(10-15(18)17(16)23-2)12-19-6-3-7-20-8-4-14(21)5-9-20/h10-11,14,19,21H,3-9,12H2,1-2H3. The lowest BCUT2D eigenvalue weighted by molar-refractivity contribution is 0.0821. The number of rotatable bonds is 8. The second-order valence-corrected chi connectivity index (χ2v) is 6.32. The van der Waals surface area contributed by atoms with Gasteiger partial charge in [-0.15, -0.1) is 0 Å². The number of aliphatic hydroxyl groups excluding tert-OH is 1. The highest BCUT2D eigenvalue weighted by atomic mass is 35.5. The second-order valence-electron chi connectivity index (χ2n) is 5.92. The van der Waals surface area contributed by atoms with Gasteiger partial charge < -0.3 is 24.8 Å². The summed E-state index contributed by atoms with van der Waals surface area (Å²) in [7, 11) is 3.20. The third-order valence-corrected chi connectivity index (χ3v) is 4.49. The summed E-state index contributed by atoms with van der Waals surface area (Å²) in [6, 6.07) is 3.85. The van der Waals surface area contributed by atoms with E-state index in [0.717, 1.165) is 57.5 Å². The molecule has 23 heavy (non-hydrogen) atoms. The van der Waals surface area contributed by atoms with Gasteiger partial charge in [-0.05, 0) is 50.0 Å². The molecule has 2 N–H and O–H groups in total. The number of aliphatic hydroxyl groups is 1. The van der Waals surface area contributed by atoms with Crippen molar-refractivity contribution in [1.29, 1.82) is 0 Å². The van der Waals surface area contributed by atoms with E-state index in [0.29, 0.717) is 16.5 Å². The van der Waals surface area contributed by atoms with Crippen molar-refractivity contribution in [2.24, 2.45) is 0 Å². The third kappa shape index (κ3) is 5.53. The predicted octanol–water partition coefficient (Wildman–Crippen LogP) is 2.29. The molecule has 1 aliphatic rings. The van der Waals surface area contributed by atoms with E-state index in [-0.39, 0.29) is 6.10 Å². The molecule has 0 aliphatic carbocycles. The molecule has 1 aromatic carbocycles. The van der Waals surface area contributed by atoms with Gasteiger partial charge >= 0.3 is 0 Å². The van der Waals surface area contributed by atoms with Crippen molar-refractivity contribution in [1.82, 2.24) is 10.2 Å². The summed E-state index contributed by atoms with van der Waals surface area (Å²) in [5, 5.41) is 13.5. The van der Waals surface area contributed by atoms with E-state index < -0.39 is 0 Å². The second kappa shape index (κ2) is 9.33. The van der Waals surface area contributed by atoms with Gasteiger partial charge in [0.05, 0.1) is 25.3 Å². The van der Waals surface area contributed by atoms with E-state index in [4.69, 9.17) is 21.1 Å². The zero-order valence-corrected chi connectivity index (χ0v) is 14.7. The Bertz CT molecular complexity index is 491. The monoisotopic (exact) mass is 342 g/mol. The zero-order chi connectivity index (χ0) is 16.7. The fraction of sp³-hybridized carbons (Fsp3) is 0.647. The molecule has 1 fully saturated rings. The maximum absolute atomic E-state index is 9.50. The molecule has 6 heteroatoms. The highest BCUT2D eigenvalue weighted by Gasteiger charge is 2.16. The van der Waals surface area contributed by atoms with Gasteiger partial charge in [-0.25, -0.2) is 0 Å². The summed E-state index contributed by atoms with van der Waals surface area (Å²) < 4.78 is 10.5. The van der Waals surface area contributed by atoms with Crippen LogP contribution in [0.1, 0.15) is 24.8 Å². The lowest BCUT2D eigenvalue weighted by Gasteiger charge is -2.29. The number of nitrogens with one attached hydrogen (secondary N) is 1. The number of nitrogens with zero attached hydrogens (tertiary/aromatic N) is 1. The van der Waals surface area contributed by atoms with Crippen LogP contribution < -0.4 is 14.8 Å². The van der Waals surface area contributed by atoms with Gasteiger partial charge in [0.25, 0.3) is 0 Å². The van der Waals surface area contributed by atoms with Crippen molar-refractivity contribution < 1.29 is 14.6 Å². The summed E-state index contributed by atoms with van der Waals surface area (Å²) in [5.74, 6) is 1.23. The molecule has 2 rings (SSSR count). The average molecular weight is 343 g/mol. The Labute approximate surface area is 143 Å². The van der Waals surface area contributed by atoms with Crippen LogP contribution in [0.5, 0.6) is 11.5 Å². The number of ether oxygens (including phenoxy) is 2. The first kappa shape index (κ1) is 18.3. The van der Waals surface area contributed by atoms with Crippen LogP contribution in [0.4, 0.5) is 0 Å². The summed E-state index contributed by atoms with van der Waals surface area (Å²) in [4.78, 5) is 2.42. The molecule has 0 unspecified atom stereocenters. The number of methoxy groups -OCH3 is 2. The normalized spacial score (nSPS) is 16.5. The number of hydrogen-bond acceptors (Lipinski definition) is 5. The van der Waals surface area contributed by atoms with Crippen LogP contribution >= 0.6 is 11.6 Å². The fourth-order valence-corrected chi connectivity index (χ4v) is 3.19. The third-order valence-electron chi connectivity index (χ3n) is 4.21. The highest BCUT2D eigenvalue weighted by molar-refractivity contribution is 6.32. The lowest BCUT2D eigenvalue weighted by atomic mass is 10.1. The Morgan fingerprint density at radius 2 is 2.00 bits per heavy atom. The van der Waals surface area contributed by atoms with Gasteiger partial charge in [0, 0.05) is 19.6 Å². The maximum atomic E-state index is 9.50. The van der Waals surface area contributed by atoms with E-state index in [2.05, 4.69) is 10.2 Å². The van der Waals surface area contributed by atoms with Crippen molar-refractivity contribution in [3.8, 4) is 11.5 Å². The van der Waals surface area contributed by atoms with E-state index in [1.54, 1.807) is 14.2 Å². The molecule has 0 amide bonds. The topological polar surface area (TPSA) is 54.0 Å². The van der Waals surface area contributed by atoms with Crippen molar-refractivity contribution in [3.05, 3.63) is 22.7 Å². The van der Waals surface area contributed by atoms with Crippen LogP contribution in [0.25, 0.3) is 0 Å². The zero-order valence-electron chi connectivity index (χ0n) is 14.0. The van der Waals surface area contributed by atoms with Crippen LogP contribution in [0.15, 0.2) is 12.1 Å². The molecule has 1 aromatic rings. The number of halogens is 1. The first-order valence-electron chi connectivity index (χ1n) is 8.15. The number of benzene rings is 1. The van der Waals surface area contributed by atoms with Gasteiger partial charge in [0.15, 0.2) is 11.5 Å². The Morgan fingerprint density at radius 1 is 1.26 bits per heavy atom. The maximum Gasteiger partial charge on any atom is 0.179 e. The smallest absolute Gasteiger partial charge is 0.179 e. The summed E-state index contributed by atoms with van der Waals surface area (Å²) >= 11 is 6.21. The Kier molecular flexibility index (Phi) is 7.43. The molecule has 0 saturated carbocycles. The highest BCUT2D eigenvalue weighted by Crippen LogP contribution is 2.35. The van der Waals surface area contributed by atoms with E-state index in [1.165, 1.54) is 0 Å². The average Bonchev–Trinajstić information content (AvgIpc) is 2.55. The van der Waals surface area contributed by atoms with Gasteiger partial charge in [-0.2, -0.15) is 0 Å². The van der Waals surface area contributed by atoms with Gasteiger partial charge in [-0.1, -0.05) is 11.6 Å². The molecule has 1 aliphatic heterocycles. The molecule has 0 atom stereocenters. The van der Waals surface area contributed by atoms with Gasteiger partial charge in [-0.3, -0.25) is 0 Å². The van der Waals surface area contributed by atoms with Crippen molar-refractivity contribution >= 4 is 11.6 Å². The summed E-state index contributed by atoms with van der Waals surface area (Å²) in [6.45, 7) is 4.79. The van der Waals surface area contributed by atoms with E-state index >= 15 is 0 Å². The number of hydrogen-bond donors (Lipinski definition) is 2. The van der Waals surface area contributed by atoms with Crippen LogP contribution in [0.2, 0.25) is 5.02 Å². The van der Waals surface area contributed by atoms with Gasteiger partial charge in [0.1, 0.15) is 0 Å². The molecule has 0 spiro atoms. The van der Waals surface area contributed by atoms with Crippen LogP contribution in [-0.4, -0.2) is 56.5 Å². The quantitative estimate of drug-likeness (QED) is 0.710. The first-order valence-corrected chi connectivity index (χ1v) is 8.53. The van der Waals surface area contributed by atoms with Crippen LogP contribution in [0, 0.1) is 0 Å². The molecule has 1 heterocycles. The van der Waals surface area contributed by atoms with E-state index in [1.807, 2.05) is 12.1 Å². The molecule has 5 nitrogen and oxygen atoms in total. The van der Waals surface area contributed by atoms with Crippen molar-refractivity contribution in [3.63, 3.8) is 0 Å². The fourth-order valence-electron chi connectivity index (χ4n) is 2.88. The molecule has 0 radical (unpaired) electrons. The van der Waals surface area contributed by atoms with Crippen LogP contribution in [0.3, 0.4) is 0 Å². The lowest BCUT2D eigenvalue weighted by Crippen LogP contribution is -2.37. The van der Waals surface area contributed by atoms with Gasteiger partial charge in [0.2, 0.25) is 0 Å². The molecule has 1 saturated heterocycles. The minimum Gasteiger partial charge on any atom is -0.493 e. The molecular formula is C17H27ClN2O3. The Hall–Kier alpha value is -1.01. The van der Waals surface area contributed by atoms with Crippen molar-refractivity contribution in [2.75, 3.05) is 40.4 Å². The largest absolute Gasteiger partial charge is 0.493 e. The SMILES string of the molecule is COc1cc(CNCCCN2CCC(O)CC2)cc(Cl)c1OC. The summed E-state index contributed by atoms with van der Waals surface area (Å²) in [6.07, 6.45) is 2.80. The molecule has 130 valence electrons. The first-order chi connectivity index (χ1) is 11.1. The molecule has 0 aromatic heterocycles. The Balaban J connectivity index is 1.71. The predicted molar refractivity (Wildman–Crippen MR) is 92.6 cm³/mol. The Morgan fingerprint density at radius 3 is 2.65 bits per heavy atom. The van der Waals surface area contributed by atoms with Crippen LogP contribution in [-0.2, 0) is 6.54 Å². The molecular weight excluding hydrogens is 316 g/mol. The number of piperidine rings is 1. The summed E-state index contributed by atoms with van der Waals surface area (Å²) in [5.41, 5.74) is 1.08. The van der Waals surface area contributed by atoms with Crippen molar-refractivity contribution in [2.45, 2.75) is 31.9 Å². The molecule has 0 bridgehead atoms. The minimum atomic E-state index is -0.0980.